The maximum atomic E-state index is 16.5. The van der Waals surface area contributed by atoms with E-state index in [0.29, 0.717) is 46.4 Å². The lowest BCUT2D eigenvalue weighted by molar-refractivity contribution is 0.176. The number of nitrogens with zero attached hydrogens (tertiary/aromatic N) is 2. The summed E-state index contributed by atoms with van der Waals surface area (Å²) >= 11 is 0. The van der Waals surface area contributed by atoms with Crippen LogP contribution in [-0.4, -0.2) is 42.1 Å². The maximum absolute atomic E-state index is 16.5. The van der Waals surface area contributed by atoms with Crippen LogP contribution in [0.25, 0.3) is 22.1 Å². The smallest absolute Gasteiger partial charge is 0.200 e. The molecule has 2 N–H and O–H groups in total. The number of fused-ring (bicyclic) bond motifs is 1. The molecule has 1 aromatic heterocycles. The highest BCUT2D eigenvalue weighted by Gasteiger charge is 2.52. The van der Waals surface area contributed by atoms with E-state index < -0.39 is 5.67 Å². The number of halogens is 1. The van der Waals surface area contributed by atoms with Crippen LogP contribution in [0.15, 0.2) is 51.9 Å². The molecule has 2 atom stereocenters. The van der Waals surface area contributed by atoms with E-state index in [0.717, 1.165) is 37.1 Å². The van der Waals surface area contributed by atoms with Crippen LogP contribution in [0.5, 0.6) is 0 Å². The minimum atomic E-state index is -2.02. The molecule has 5 rings (SSSR count). The molecule has 194 valence electrons. The number of rotatable bonds is 7. The Bertz CT molecular complexity index is 1410. The fourth-order valence-electron chi connectivity index (χ4n) is 5.75. The van der Waals surface area contributed by atoms with Gasteiger partial charge in [0, 0.05) is 26.1 Å². The predicted molar refractivity (Wildman–Crippen MR) is 146 cm³/mol. The van der Waals surface area contributed by atoms with Crippen LogP contribution in [0.4, 0.5) is 4.39 Å². The largest absolute Gasteiger partial charge is 0.463 e. The number of aryl methyl sites for hydroxylation is 1. The van der Waals surface area contributed by atoms with Crippen molar-refractivity contribution in [2.75, 3.05) is 20.1 Å². The van der Waals surface area contributed by atoms with Gasteiger partial charge in [-0.05, 0) is 79.5 Å². The molecular weight excluding hydrogens is 467 g/mol. The van der Waals surface area contributed by atoms with E-state index in [1.807, 2.05) is 13.0 Å². The number of likely N-dealkylation sites (tertiary alicyclic amines) is 1. The molecule has 0 bridgehead atoms. The Hall–Kier alpha value is -3.32. The molecule has 1 saturated carbocycles. The van der Waals surface area contributed by atoms with Gasteiger partial charge in [0.2, 0.25) is 5.43 Å². The third-order valence-corrected chi connectivity index (χ3v) is 7.89. The Morgan fingerprint density at radius 3 is 2.76 bits per heavy atom. The topological polar surface area (TPSA) is 84.4 Å². The highest BCUT2D eigenvalue weighted by molar-refractivity contribution is 5.96. The van der Waals surface area contributed by atoms with E-state index in [4.69, 9.17) is 15.2 Å². The molecule has 37 heavy (non-hydrogen) atoms. The van der Waals surface area contributed by atoms with Gasteiger partial charge in [0.25, 0.3) is 0 Å². The van der Waals surface area contributed by atoms with Gasteiger partial charge >= 0.3 is 0 Å². The van der Waals surface area contributed by atoms with Crippen LogP contribution in [-0.2, 0) is 12.2 Å². The van der Waals surface area contributed by atoms with Gasteiger partial charge in [-0.2, -0.15) is 0 Å². The highest BCUT2D eigenvalue weighted by atomic mass is 19.1. The summed E-state index contributed by atoms with van der Waals surface area (Å²) in [6.45, 7) is 7.18. The van der Waals surface area contributed by atoms with Crippen LogP contribution >= 0.6 is 0 Å². The molecule has 2 aromatic carbocycles. The molecule has 1 aliphatic heterocycles. The number of nitrogens with one attached hydrogen (secondary N) is 2. The Balaban J connectivity index is 1.54. The number of alkyl halides is 1. The summed E-state index contributed by atoms with van der Waals surface area (Å²) in [4.78, 5) is 17.4. The lowest BCUT2D eigenvalue weighted by Crippen LogP contribution is -2.42. The number of piperidine rings is 1. The van der Waals surface area contributed by atoms with Gasteiger partial charge in [0.1, 0.15) is 17.7 Å². The second-order valence-corrected chi connectivity index (χ2v) is 10.9. The zero-order valence-corrected chi connectivity index (χ0v) is 21.8. The van der Waals surface area contributed by atoms with E-state index in [2.05, 4.69) is 17.9 Å². The summed E-state index contributed by atoms with van der Waals surface area (Å²) in [5.41, 5.74) is 1.71. The molecule has 2 heterocycles. The fraction of sp³-hybridized carbons (Fsp3) is 0.433. The first-order chi connectivity index (χ1) is 17.7. The zero-order chi connectivity index (χ0) is 26.3. The Kier molecular flexibility index (Phi) is 6.75. The summed E-state index contributed by atoms with van der Waals surface area (Å²) < 4.78 is 22.4. The molecule has 2 aliphatic rings. The van der Waals surface area contributed by atoms with Gasteiger partial charge in [-0.1, -0.05) is 31.2 Å². The Morgan fingerprint density at radius 2 is 2.05 bits per heavy atom. The third kappa shape index (κ3) is 4.73. The second kappa shape index (κ2) is 9.86. The highest BCUT2D eigenvalue weighted by Crippen LogP contribution is 2.50. The fourth-order valence-corrected chi connectivity index (χ4v) is 5.75. The Labute approximate surface area is 217 Å². The maximum Gasteiger partial charge on any atom is 0.200 e. The lowest BCUT2D eigenvalue weighted by atomic mass is 9.87. The molecular formula is C30H35FN4O2. The molecule has 7 heteroatoms. The van der Waals surface area contributed by atoms with E-state index in [1.165, 1.54) is 31.1 Å². The minimum Gasteiger partial charge on any atom is -0.463 e. The zero-order valence-electron chi connectivity index (χ0n) is 21.8. The summed E-state index contributed by atoms with van der Waals surface area (Å²) in [5.74, 6) is 0.103. The monoisotopic (exact) mass is 502 g/mol. The Morgan fingerprint density at radius 1 is 1.27 bits per heavy atom. The quantitative estimate of drug-likeness (QED) is 0.302. The van der Waals surface area contributed by atoms with Crippen molar-refractivity contribution in [3.63, 3.8) is 0 Å². The van der Waals surface area contributed by atoms with Crippen molar-refractivity contribution in [3.05, 3.63) is 69.6 Å². The molecule has 0 amide bonds. The molecule has 0 radical (unpaired) electrons. The minimum absolute atomic E-state index is 0.141. The van der Waals surface area contributed by atoms with Gasteiger partial charge in [-0.15, -0.1) is 0 Å². The van der Waals surface area contributed by atoms with Crippen LogP contribution in [0, 0.1) is 29.6 Å². The molecule has 0 unspecified atom stereocenters. The normalized spacial score (nSPS) is 19.9. The number of hydrogen-bond acceptors (Lipinski definition) is 5. The lowest BCUT2D eigenvalue weighted by Gasteiger charge is -2.31. The first-order valence-corrected chi connectivity index (χ1v) is 13.1. The number of likely N-dealkylation sites (N-methyl/N-ethyl adjacent to an activating group) is 1. The number of benzene rings is 2. The van der Waals surface area contributed by atoms with Gasteiger partial charge in [-0.3, -0.25) is 20.5 Å². The third-order valence-electron chi connectivity index (χ3n) is 7.89. The summed E-state index contributed by atoms with van der Waals surface area (Å²) in [7, 11) is 1.51. The second-order valence-electron chi connectivity index (χ2n) is 10.9. The van der Waals surface area contributed by atoms with Crippen molar-refractivity contribution in [3.8, 4) is 11.1 Å². The summed E-state index contributed by atoms with van der Waals surface area (Å²) in [6.07, 6.45) is 6.24. The van der Waals surface area contributed by atoms with Crippen molar-refractivity contribution in [2.45, 2.75) is 51.7 Å². The van der Waals surface area contributed by atoms with Crippen molar-refractivity contribution in [1.29, 1.82) is 10.8 Å². The van der Waals surface area contributed by atoms with E-state index in [1.54, 1.807) is 24.3 Å². The average molecular weight is 503 g/mol. The first-order valence-electron chi connectivity index (χ1n) is 13.1. The van der Waals surface area contributed by atoms with E-state index >= 15 is 4.39 Å². The van der Waals surface area contributed by atoms with Crippen LogP contribution in [0.1, 0.15) is 49.3 Å². The van der Waals surface area contributed by atoms with Crippen molar-refractivity contribution in [2.24, 2.45) is 11.8 Å². The first kappa shape index (κ1) is 25.3. The molecule has 1 saturated heterocycles. The molecule has 6 nitrogen and oxygen atoms in total. The van der Waals surface area contributed by atoms with Crippen LogP contribution in [0.2, 0.25) is 0 Å². The molecule has 3 aromatic rings. The molecule has 1 aliphatic carbocycles. The van der Waals surface area contributed by atoms with E-state index in [9.17, 15) is 4.79 Å². The van der Waals surface area contributed by atoms with Gasteiger partial charge in [0.05, 0.1) is 17.3 Å². The predicted octanol–water partition coefficient (Wildman–Crippen LogP) is 6.09. The summed E-state index contributed by atoms with van der Waals surface area (Å²) in [6, 6.07) is 10.9. The van der Waals surface area contributed by atoms with Crippen molar-refractivity contribution < 1.29 is 8.81 Å². The van der Waals surface area contributed by atoms with Crippen LogP contribution in [0.3, 0.4) is 0 Å². The number of hydrogen-bond donors (Lipinski definition) is 2. The van der Waals surface area contributed by atoms with Crippen molar-refractivity contribution >= 4 is 23.1 Å². The van der Waals surface area contributed by atoms with Gasteiger partial charge in [-0.25, -0.2) is 4.39 Å². The standard InChI is InChI=1S/C30H35FN4O2/c1-19-6-5-11-35(15-19)16-21-12-20(2)28-25(13-21)27(36)26(17-37-28)22-7-4-8-24(14-22)30(31,23-9-10-23)29(33)34(3)18-32/h4,7-8,12-14,17-19,23,32-33H,5-6,9-11,15-16H2,1-3H3/t19-,30-/m0/s1. The van der Waals surface area contributed by atoms with Crippen LogP contribution < -0.4 is 5.43 Å². The molecule has 0 spiro atoms. The molecule has 2 fully saturated rings. The van der Waals surface area contributed by atoms with Gasteiger partial charge in [0.15, 0.2) is 5.67 Å². The van der Waals surface area contributed by atoms with Crippen molar-refractivity contribution in [1.82, 2.24) is 9.80 Å². The SMILES string of the molecule is Cc1cc(CN2CCC[C@H](C)C2)cc2c(=O)c(-c3cccc([C@](F)(C(=N)N(C)C=N)C4CC4)c3)coc12. The average Bonchev–Trinajstić information content (AvgIpc) is 3.74. The van der Waals surface area contributed by atoms with E-state index in [-0.39, 0.29) is 17.2 Å². The van der Waals surface area contributed by atoms with Gasteiger partial charge < -0.3 is 9.32 Å². The number of amidine groups is 1. The summed E-state index contributed by atoms with van der Waals surface area (Å²) in [5, 5.41) is 16.5.